The number of nitrogens with one attached hydrogen (secondary N) is 2. The van der Waals surface area contributed by atoms with Crippen molar-refractivity contribution in [3.05, 3.63) is 83.2 Å². The quantitative estimate of drug-likeness (QED) is 0.0501. The monoisotopic (exact) mass is 815 g/mol. The van der Waals surface area contributed by atoms with E-state index in [1.54, 1.807) is 64.1 Å². The van der Waals surface area contributed by atoms with Gasteiger partial charge in [0.05, 0.1) is 58.7 Å². The Morgan fingerprint density at radius 2 is 1.61 bits per heavy atom. The number of nitrogens with zero attached hydrogens (tertiary/aromatic N) is 1. The summed E-state index contributed by atoms with van der Waals surface area (Å²) >= 11 is 0. The van der Waals surface area contributed by atoms with Crippen molar-refractivity contribution in [2.24, 2.45) is 28.8 Å². The molecule has 0 saturated heterocycles. The van der Waals surface area contributed by atoms with Gasteiger partial charge in [0.25, 0.3) is 11.7 Å². The van der Waals surface area contributed by atoms with Gasteiger partial charge in [-0.2, -0.15) is 5.10 Å². The van der Waals surface area contributed by atoms with Crippen LogP contribution in [0.15, 0.2) is 71.6 Å². The van der Waals surface area contributed by atoms with Crippen molar-refractivity contribution in [3.8, 4) is 23.0 Å². The molecule has 0 saturated carbocycles. The number of ketones is 1. The molecule has 3 aromatic rings. The van der Waals surface area contributed by atoms with Crippen LogP contribution >= 0.6 is 0 Å². The van der Waals surface area contributed by atoms with E-state index in [0.717, 1.165) is 6.21 Å². The van der Waals surface area contributed by atoms with Crippen molar-refractivity contribution in [1.29, 1.82) is 0 Å². The lowest BCUT2D eigenvalue weighted by molar-refractivity contribution is -0.160. The minimum absolute atomic E-state index is 0.0359. The molecule has 3 aliphatic heterocycles. The van der Waals surface area contributed by atoms with E-state index in [1.807, 2.05) is 6.07 Å². The molecule has 3 aromatic carbocycles. The summed E-state index contributed by atoms with van der Waals surface area (Å²) in [5.41, 5.74) is 2.84. The molecular formula is C44H53N3O12. The lowest BCUT2D eigenvalue weighted by Crippen LogP contribution is -2.46. The van der Waals surface area contributed by atoms with Crippen LogP contribution < -0.4 is 15.5 Å². The number of phenolic OH excluding ortho intramolecular Hbond substituents is 3. The molecule has 15 nitrogen and oxygen atoms in total. The Morgan fingerprint density at radius 3 is 2.25 bits per heavy atom. The number of carbonyl (C=O) groups excluding carboxylic acids is 3. The molecule has 3 heterocycles. The zero-order valence-electron chi connectivity index (χ0n) is 34.5. The fourth-order valence-electron chi connectivity index (χ4n) is 7.56. The van der Waals surface area contributed by atoms with Crippen LogP contribution in [-0.2, 0) is 23.8 Å². The molecule has 0 radical (unpaired) electrons. The molecule has 316 valence electrons. The van der Waals surface area contributed by atoms with Crippen molar-refractivity contribution in [1.82, 2.24) is 0 Å². The number of rotatable bonds is 5. The fourth-order valence-corrected chi connectivity index (χ4v) is 7.56. The number of Topliss-reactive ketones (excluding diaryl/α,β-unsaturated/α-hetero) is 1. The van der Waals surface area contributed by atoms with Gasteiger partial charge in [0.2, 0.25) is 0 Å². The van der Waals surface area contributed by atoms with Gasteiger partial charge in [-0.15, -0.1) is 0 Å². The number of hydrogen-bond donors (Lipinski definition) is 7. The molecule has 0 aliphatic carbocycles. The first-order chi connectivity index (χ1) is 27.8. The Hall–Kier alpha value is -5.90. The van der Waals surface area contributed by atoms with Gasteiger partial charge in [0.15, 0.2) is 5.75 Å². The number of ether oxygens (including phenoxy) is 4. The second kappa shape index (κ2) is 17.9. The first-order valence-corrected chi connectivity index (χ1v) is 19.3. The van der Waals surface area contributed by atoms with E-state index >= 15 is 0 Å². The van der Waals surface area contributed by atoms with E-state index in [-0.39, 0.29) is 44.5 Å². The molecule has 6 rings (SSSR count). The highest BCUT2D eigenvalue weighted by atomic mass is 16.7. The zero-order chi connectivity index (χ0) is 43.5. The number of esters is 1. The summed E-state index contributed by atoms with van der Waals surface area (Å²) < 4.78 is 23.5. The van der Waals surface area contributed by atoms with E-state index in [9.17, 15) is 39.9 Å². The predicted octanol–water partition coefficient (Wildman–Crippen LogP) is 6.20. The largest absolute Gasteiger partial charge is 0.507 e. The van der Waals surface area contributed by atoms with Crippen LogP contribution in [-0.4, -0.2) is 86.7 Å². The van der Waals surface area contributed by atoms with Crippen LogP contribution in [0.1, 0.15) is 70.0 Å². The molecule has 9 unspecified atom stereocenters. The van der Waals surface area contributed by atoms with Gasteiger partial charge in [0, 0.05) is 61.2 Å². The number of benzene rings is 3. The van der Waals surface area contributed by atoms with Crippen LogP contribution in [0.3, 0.4) is 0 Å². The van der Waals surface area contributed by atoms with Crippen molar-refractivity contribution in [3.63, 3.8) is 0 Å². The molecule has 5 bridgehead atoms. The molecule has 0 aromatic heterocycles. The second-order valence-electron chi connectivity index (χ2n) is 15.4. The fraction of sp³-hybridized carbons (Fsp3) is 0.409. The van der Waals surface area contributed by atoms with Gasteiger partial charge in [-0.3, -0.25) is 19.8 Å². The Kier molecular flexibility index (Phi) is 13.4. The molecule has 0 spiro atoms. The highest BCUT2D eigenvalue weighted by Gasteiger charge is 2.50. The number of hydrazone groups is 1. The number of amides is 1. The summed E-state index contributed by atoms with van der Waals surface area (Å²) in [6.45, 7) is 12.4. The molecule has 59 heavy (non-hydrogen) atoms. The number of phenols is 3. The van der Waals surface area contributed by atoms with Gasteiger partial charge < -0.3 is 49.8 Å². The summed E-state index contributed by atoms with van der Waals surface area (Å²) in [6, 6.07) is 8.84. The number of aliphatic hydroxyl groups is 2. The number of aliphatic hydroxyl groups excluding tert-OH is 2. The normalized spacial score (nSPS) is 28.0. The third kappa shape index (κ3) is 8.77. The topological polar surface area (TPSA) is 226 Å². The third-order valence-corrected chi connectivity index (χ3v) is 11.2. The standard InChI is InChI=1S/C44H53N3O12/c1-21-14-13-15-22(2)43(55)46-34-29(20-45-47-28-16-11-10-12-17-28)38(52)31-32(39(34)53)37(51)26(6)41-33(31)42(54)44(8,59-41)57-19-18-30(56-9)23(3)40(58-27(7)48)25(5)36(50)24(4)35(21)49/h10-21,23-25,30,35-36,40,47,49-53H,1-9H3,(H,46,55)/b14-13?,19-18?,22-15?,45-20+. The molecule has 1 amide bonds. The Morgan fingerprint density at radius 1 is 0.932 bits per heavy atom. The Bertz CT molecular complexity index is 2220. The van der Waals surface area contributed by atoms with Crippen LogP contribution in [0.2, 0.25) is 0 Å². The van der Waals surface area contributed by atoms with E-state index in [1.165, 1.54) is 53.2 Å². The number of hydrogen-bond acceptors (Lipinski definition) is 14. The van der Waals surface area contributed by atoms with Crippen molar-refractivity contribution in [2.75, 3.05) is 17.9 Å². The van der Waals surface area contributed by atoms with Gasteiger partial charge in [-0.05, 0) is 32.1 Å². The maximum atomic E-state index is 14.4. The first kappa shape index (κ1) is 44.2. The number of aromatic hydroxyl groups is 3. The minimum atomic E-state index is -2.06. The number of methoxy groups -OCH3 is 1. The summed E-state index contributed by atoms with van der Waals surface area (Å²) in [6.07, 6.45) is 4.61. The maximum absolute atomic E-state index is 14.4. The van der Waals surface area contributed by atoms with E-state index < -0.39 is 88.8 Å². The van der Waals surface area contributed by atoms with Gasteiger partial charge in [-0.25, -0.2) is 0 Å². The van der Waals surface area contributed by atoms with Crippen molar-refractivity contribution in [2.45, 2.75) is 85.6 Å². The van der Waals surface area contributed by atoms with E-state index in [2.05, 4.69) is 15.8 Å². The lowest BCUT2D eigenvalue weighted by atomic mass is 9.78. The van der Waals surface area contributed by atoms with Crippen LogP contribution in [0.5, 0.6) is 23.0 Å². The summed E-state index contributed by atoms with van der Waals surface area (Å²) in [5, 5.41) is 64.4. The van der Waals surface area contributed by atoms with Crippen LogP contribution in [0.4, 0.5) is 11.4 Å². The Balaban J connectivity index is 1.71. The van der Waals surface area contributed by atoms with Gasteiger partial charge >= 0.3 is 11.8 Å². The van der Waals surface area contributed by atoms with Crippen molar-refractivity contribution < 1.29 is 58.9 Å². The minimum Gasteiger partial charge on any atom is -0.507 e. The van der Waals surface area contributed by atoms with E-state index in [4.69, 9.17) is 18.9 Å². The lowest BCUT2D eigenvalue weighted by Gasteiger charge is -2.38. The molecule has 3 aliphatic rings. The smallest absolute Gasteiger partial charge is 0.312 e. The molecule has 7 N–H and O–H groups in total. The van der Waals surface area contributed by atoms with Crippen LogP contribution in [0.25, 0.3) is 10.8 Å². The van der Waals surface area contributed by atoms with Crippen LogP contribution in [0, 0.1) is 30.6 Å². The summed E-state index contributed by atoms with van der Waals surface area (Å²) in [7, 11) is 1.43. The van der Waals surface area contributed by atoms with E-state index in [0.29, 0.717) is 5.69 Å². The maximum Gasteiger partial charge on any atom is 0.312 e. The number of carbonyl (C=O) groups is 3. The number of fused-ring (bicyclic) bond motifs is 14. The Labute approximate surface area is 342 Å². The summed E-state index contributed by atoms with van der Waals surface area (Å²) in [4.78, 5) is 40.4. The first-order valence-electron chi connectivity index (χ1n) is 19.3. The molecule has 9 atom stereocenters. The highest BCUT2D eigenvalue weighted by Crippen LogP contribution is 2.55. The third-order valence-electron chi connectivity index (χ3n) is 11.2. The van der Waals surface area contributed by atoms with Gasteiger partial charge in [-0.1, -0.05) is 64.1 Å². The number of allylic oxidation sites excluding steroid dienone is 2. The SMILES string of the molecule is COC1C=COC2(C)Oc3c(C)c(O)c4c(O)c(c(/C=N/Nc5ccccc5)c(O)c4c3C2=O)NC(=O)C(C)=CC=CC(C)C(O)C(C)C(O)C(C)C(OC(C)=O)C1C. The summed E-state index contributed by atoms with van der Waals surface area (Å²) in [5.74, 6) is -8.60. The zero-order valence-corrected chi connectivity index (χ0v) is 34.5. The van der Waals surface area contributed by atoms with Crippen molar-refractivity contribution >= 4 is 46.0 Å². The highest BCUT2D eigenvalue weighted by molar-refractivity contribution is 6.23. The average molecular weight is 816 g/mol. The molecule has 15 heteroatoms. The second-order valence-corrected chi connectivity index (χ2v) is 15.4. The molecule has 0 fully saturated rings. The van der Waals surface area contributed by atoms with Gasteiger partial charge in [0.1, 0.15) is 23.4 Å². The number of para-hydroxylation sites is 1. The average Bonchev–Trinajstić information content (AvgIpc) is 3.47. The predicted molar refractivity (Wildman–Crippen MR) is 221 cm³/mol. The number of anilines is 2. The molecular weight excluding hydrogens is 762 g/mol.